The van der Waals surface area contributed by atoms with E-state index in [1.54, 1.807) is 6.92 Å². The summed E-state index contributed by atoms with van der Waals surface area (Å²) in [6.45, 7) is 9.66. The topological polar surface area (TPSA) is 23.9 Å². The standard InChI is InChI=1S/C6H11N.C2H6/c1-4-5(2)6(3)7;1-2/h4,7H,1-3H3;1-2H3/b5-4-,7-6?;. The lowest BCUT2D eigenvalue weighted by atomic mass is 10.2. The summed E-state index contributed by atoms with van der Waals surface area (Å²) in [6.07, 6.45) is 1.93. The van der Waals surface area contributed by atoms with Crippen LogP contribution in [-0.4, -0.2) is 5.71 Å². The van der Waals surface area contributed by atoms with Crippen molar-refractivity contribution < 1.29 is 0 Å². The molecule has 0 aliphatic rings. The minimum atomic E-state index is 0.655. The van der Waals surface area contributed by atoms with Gasteiger partial charge in [0.2, 0.25) is 0 Å². The first-order chi connectivity index (χ1) is 4.18. The van der Waals surface area contributed by atoms with Crippen molar-refractivity contribution in [3.8, 4) is 0 Å². The molecule has 0 aromatic heterocycles. The molecule has 9 heavy (non-hydrogen) atoms. The Labute approximate surface area is 58.3 Å². The van der Waals surface area contributed by atoms with E-state index in [9.17, 15) is 0 Å². The lowest BCUT2D eigenvalue weighted by Gasteiger charge is -1.89. The average molecular weight is 127 g/mol. The molecular formula is C8H17N. The van der Waals surface area contributed by atoms with E-state index < -0.39 is 0 Å². The molecule has 0 aliphatic carbocycles. The van der Waals surface area contributed by atoms with E-state index in [0.717, 1.165) is 5.57 Å². The predicted octanol–water partition coefficient (Wildman–Crippen LogP) is 3.02. The molecule has 54 valence electrons. The second-order valence-electron chi connectivity index (χ2n) is 1.60. The molecule has 1 nitrogen and oxygen atoms in total. The van der Waals surface area contributed by atoms with Crippen molar-refractivity contribution in [1.82, 2.24) is 0 Å². The van der Waals surface area contributed by atoms with E-state index in [1.165, 1.54) is 0 Å². The Morgan fingerprint density at radius 1 is 1.22 bits per heavy atom. The minimum absolute atomic E-state index is 0.655. The Kier molecular flexibility index (Phi) is 9.25. The SMILES string of the molecule is C/C=C(/C)C(C)=N.CC. The van der Waals surface area contributed by atoms with Crippen LogP contribution in [0.3, 0.4) is 0 Å². The molecular weight excluding hydrogens is 110 g/mol. The minimum Gasteiger partial charge on any atom is -0.305 e. The van der Waals surface area contributed by atoms with Crippen molar-refractivity contribution in [2.75, 3.05) is 0 Å². The fourth-order valence-corrected chi connectivity index (χ4v) is 0.217. The largest absolute Gasteiger partial charge is 0.305 e. The third kappa shape index (κ3) is 7.41. The molecule has 0 aromatic rings. The van der Waals surface area contributed by atoms with Crippen molar-refractivity contribution in [2.45, 2.75) is 34.6 Å². The monoisotopic (exact) mass is 127 g/mol. The van der Waals surface area contributed by atoms with Crippen molar-refractivity contribution in [3.05, 3.63) is 11.6 Å². The number of hydrogen-bond donors (Lipinski definition) is 1. The van der Waals surface area contributed by atoms with Gasteiger partial charge < -0.3 is 5.41 Å². The number of allylic oxidation sites excluding steroid dienone is 2. The Morgan fingerprint density at radius 2 is 1.56 bits per heavy atom. The quantitative estimate of drug-likeness (QED) is 0.523. The van der Waals surface area contributed by atoms with Crippen LogP contribution in [0.15, 0.2) is 11.6 Å². The molecule has 0 saturated heterocycles. The van der Waals surface area contributed by atoms with Gasteiger partial charge in [-0.1, -0.05) is 19.9 Å². The summed E-state index contributed by atoms with van der Waals surface area (Å²) in [6, 6.07) is 0. The van der Waals surface area contributed by atoms with Gasteiger partial charge in [0.05, 0.1) is 0 Å². The van der Waals surface area contributed by atoms with E-state index >= 15 is 0 Å². The highest BCUT2D eigenvalue weighted by molar-refractivity contribution is 5.94. The van der Waals surface area contributed by atoms with Gasteiger partial charge in [0, 0.05) is 5.71 Å². The zero-order valence-corrected chi connectivity index (χ0v) is 7.08. The lowest BCUT2D eigenvalue weighted by Crippen LogP contribution is -1.87. The maximum absolute atomic E-state index is 7.03. The van der Waals surface area contributed by atoms with Gasteiger partial charge in [0.1, 0.15) is 0 Å². The molecule has 0 unspecified atom stereocenters. The molecule has 0 amide bonds. The van der Waals surface area contributed by atoms with Gasteiger partial charge in [-0.2, -0.15) is 0 Å². The summed E-state index contributed by atoms with van der Waals surface area (Å²) in [5.74, 6) is 0. The molecule has 0 atom stereocenters. The highest BCUT2D eigenvalue weighted by atomic mass is 14.4. The molecule has 0 aliphatic heterocycles. The van der Waals surface area contributed by atoms with Crippen molar-refractivity contribution in [1.29, 1.82) is 5.41 Å². The second kappa shape index (κ2) is 7.41. The van der Waals surface area contributed by atoms with Crippen molar-refractivity contribution >= 4 is 5.71 Å². The van der Waals surface area contributed by atoms with E-state index in [0.29, 0.717) is 5.71 Å². The first-order valence-corrected chi connectivity index (χ1v) is 3.37. The molecule has 0 bridgehead atoms. The van der Waals surface area contributed by atoms with Gasteiger partial charge in [-0.25, -0.2) is 0 Å². The van der Waals surface area contributed by atoms with E-state index in [1.807, 2.05) is 33.8 Å². The second-order valence-corrected chi connectivity index (χ2v) is 1.60. The van der Waals surface area contributed by atoms with Gasteiger partial charge in [0.15, 0.2) is 0 Å². The van der Waals surface area contributed by atoms with Crippen LogP contribution in [0.2, 0.25) is 0 Å². The third-order valence-electron chi connectivity index (χ3n) is 1.02. The van der Waals surface area contributed by atoms with E-state index in [4.69, 9.17) is 5.41 Å². The van der Waals surface area contributed by atoms with Crippen LogP contribution in [0.4, 0.5) is 0 Å². The van der Waals surface area contributed by atoms with E-state index in [-0.39, 0.29) is 0 Å². The Hall–Kier alpha value is -0.590. The molecule has 0 fully saturated rings. The molecule has 0 saturated carbocycles. The fourth-order valence-electron chi connectivity index (χ4n) is 0.217. The first-order valence-electron chi connectivity index (χ1n) is 3.37. The number of hydrogen-bond acceptors (Lipinski definition) is 1. The van der Waals surface area contributed by atoms with Crippen LogP contribution in [-0.2, 0) is 0 Å². The third-order valence-corrected chi connectivity index (χ3v) is 1.02. The highest BCUT2D eigenvalue weighted by Gasteiger charge is 1.84. The van der Waals surface area contributed by atoms with Crippen molar-refractivity contribution in [2.24, 2.45) is 0 Å². The molecule has 0 spiro atoms. The molecule has 1 heteroatoms. The van der Waals surface area contributed by atoms with Crippen LogP contribution >= 0.6 is 0 Å². The van der Waals surface area contributed by atoms with Crippen LogP contribution in [0.1, 0.15) is 34.6 Å². The summed E-state index contributed by atoms with van der Waals surface area (Å²) in [5.41, 5.74) is 1.71. The van der Waals surface area contributed by atoms with Crippen molar-refractivity contribution in [3.63, 3.8) is 0 Å². The van der Waals surface area contributed by atoms with Gasteiger partial charge in [-0.3, -0.25) is 0 Å². The first kappa shape index (κ1) is 11.2. The molecule has 1 N–H and O–H groups in total. The van der Waals surface area contributed by atoms with Gasteiger partial charge in [0.25, 0.3) is 0 Å². The fraction of sp³-hybridized carbons (Fsp3) is 0.625. The van der Waals surface area contributed by atoms with Crippen LogP contribution < -0.4 is 0 Å². The summed E-state index contributed by atoms with van der Waals surface area (Å²) in [5, 5.41) is 7.03. The van der Waals surface area contributed by atoms with E-state index in [2.05, 4.69) is 0 Å². The zero-order valence-electron chi connectivity index (χ0n) is 7.08. The predicted molar refractivity (Wildman–Crippen MR) is 44.2 cm³/mol. The van der Waals surface area contributed by atoms with Gasteiger partial charge >= 0.3 is 0 Å². The lowest BCUT2D eigenvalue weighted by molar-refractivity contribution is 1.40. The van der Waals surface area contributed by atoms with Crippen LogP contribution in [0.5, 0.6) is 0 Å². The normalized spacial score (nSPS) is 9.67. The molecule has 0 radical (unpaired) electrons. The Bertz CT molecular complexity index is 101. The maximum atomic E-state index is 7.03. The molecule has 0 heterocycles. The Balaban J connectivity index is 0. The molecule has 0 aromatic carbocycles. The highest BCUT2D eigenvalue weighted by Crippen LogP contribution is 1.90. The van der Waals surface area contributed by atoms with Crippen LogP contribution in [0, 0.1) is 5.41 Å². The van der Waals surface area contributed by atoms with Gasteiger partial charge in [-0.05, 0) is 26.3 Å². The Morgan fingerprint density at radius 3 is 1.56 bits per heavy atom. The number of nitrogens with one attached hydrogen (secondary N) is 1. The average Bonchev–Trinajstić information content (AvgIpc) is 1.91. The summed E-state index contributed by atoms with van der Waals surface area (Å²) >= 11 is 0. The maximum Gasteiger partial charge on any atom is 0.0308 e. The summed E-state index contributed by atoms with van der Waals surface area (Å²) in [4.78, 5) is 0. The smallest absolute Gasteiger partial charge is 0.0308 e. The zero-order chi connectivity index (χ0) is 7.86. The number of rotatable bonds is 1. The van der Waals surface area contributed by atoms with Gasteiger partial charge in [-0.15, -0.1) is 0 Å². The summed E-state index contributed by atoms with van der Waals surface area (Å²) < 4.78 is 0. The molecule has 0 rings (SSSR count). The van der Waals surface area contributed by atoms with Crippen LogP contribution in [0.25, 0.3) is 0 Å². The summed E-state index contributed by atoms with van der Waals surface area (Å²) in [7, 11) is 0.